The fourth-order valence-electron chi connectivity index (χ4n) is 8.37. The Morgan fingerprint density at radius 2 is 1.64 bits per heavy atom. The third kappa shape index (κ3) is 7.33. The Balaban J connectivity index is 1.37. The second-order valence-corrected chi connectivity index (χ2v) is 15.1. The van der Waals surface area contributed by atoms with Gasteiger partial charge in [0.1, 0.15) is 35.5 Å². The van der Waals surface area contributed by atoms with E-state index in [0.717, 1.165) is 5.56 Å². The first-order chi connectivity index (χ1) is 26.7. The molecule has 288 valence electrons. The molecule has 55 heavy (non-hydrogen) atoms. The molecule has 2 saturated heterocycles. The van der Waals surface area contributed by atoms with Crippen LogP contribution in [0.1, 0.15) is 30.1 Å². The number of rotatable bonds is 9. The molecule has 7 rings (SSSR count). The van der Waals surface area contributed by atoms with Crippen molar-refractivity contribution in [2.75, 3.05) is 38.9 Å². The SMILES string of the molecule is COC[C@H]1NC(=O)CC/C=C\CN(c2ccc(OC)cc2)C(=O)[C@@H]2N([C@@H](CO)Cc3ccccc3)C(=O)[C@H]3[C@H](C(=O)O[C@@H]1c1ccccc1)[C@H]1O[C@@]23C=C1Br. The van der Waals surface area contributed by atoms with Crippen LogP contribution >= 0.6 is 15.9 Å². The number of fused-ring (bicyclic) bond motifs is 2. The summed E-state index contributed by atoms with van der Waals surface area (Å²) in [6.07, 6.45) is 4.20. The normalized spacial score (nSPS) is 29.3. The van der Waals surface area contributed by atoms with E-state index in [0.29, 0.717) is 27.9 Å². The summed E-state index contributed by atoms with van der Waals surface area (Å²) in [6.45, 7) is -0.321. The van der Waals surface area contributed by atoms with E-state index in [9.17, 15) is 14.7 Å². The van der Waals surface area contributed by atoms with E-state index in [4.69, 9.17) is 18.9 Å². The van der Waals surface area contributed by atoms with Crippen LogP contribution in [0, 0.1) is 11.8 Å². The number of allylic oxidation sites excluding steroid dienone is 1. The molecule has 8 atom stereocenters. The number of ether oxygens (including phenoxy) is 4. The fraction of sp³-hybridized carbons (Fsp3) is 0.381. The monoisotopic (exact) mass is 813 g/mol. The number of hydrogen-bond donors (Lipinski definition) is 2. The van der Waals surface area contributed by atoms with Gasteiger partial charge in [0.2, 0.25) is 11.8 Å². The minimum Gasteiger partial charge on any atom is -0.497 e. The van der Waals surface area contributed by atoms with Crippen LogP contribution in [-0.4, -0.2) is 97.5 Å². The first-order valence-corrected chi connectivity index (χ1v) is 19.2. The van der Waals surface area contributed by atoms with Crippen molar-refractivity contribution in [3.63, 3.8) is 0 Å². The number of aliphatic hydroxyl groups excluding tert-OH is 1. The maximum absolute atomic E-state index is 15.4. The van der Waals surface area contributed by atoms with Gasteiger partial charge in [-0.1, -0.05) is 88.7 Å². The number of cyclic esters (lactones) is 1. The molecule has 2 fully saturated rings. The number of halogens is 1. The molecular weight excluding hydrogens is 770 g/mol. The molecule has 0 aliphatic carbocycles. The van der Waals surface area contributed by atoms with E-state index >= 15 is 9.59 Å². The summed E-state index contributed by atoms with van der Waals surface area (Å²) in [5.74, 6) is -3.71. The summed E-state index contributed by atoms with van der Waals surface area (Å²) >= 11 is 3.63. The zero-order chi connectivity index (χ0) is 38.7. The summed E-state index contributed by atoms with van der Waals surface area (Å²) < 4.78 is 24.5. The largest absolute Gasteiger partial charge is 0.497 e. The number of esters is 1. The number of nitrogens with one attached hydrogen (secondary N) is 1. The van der Waals surface area contributed by atoms with Gasteiger partial charge in [-0.15, -0.1) is 0 Å². The second-order valence-electron chi connectivity index (χ2n) is 14.2. The number of methoxy groups -OCH3 is 2. The quantitative estimate of drug-likeness (QED) is 0.239. The van der Waals surface area contributed by atoms with Crippen LogP contribution in [-0.2, 0) is 39.8 Å². The molecule has 2 N–H and O–H groups in total. The Morgan fingerprint density at radius 1 is 0.927 bits per heavy atom. The summed E-state index contributed by atoms with van der Waals surface area (Å²) in [5.41, 5.74) is 0.419. The summed E-state index contributed by atoms with van der Waals surface area (Å²) in [7, 11) is 3.05. The fourth-order valence-corrected chi connectivity index (χ4v) is 9.11. The number of anilines is 1. The molecule has 0 aromatic heterocycles. The van der Waals surface area contributed by atoms with Crippen LogP contribution < -0.4 is 15.0 Å². The zero-order valence-electron chi connectivity index (χ0n) is 30.6. The molecule has 0 radical (unpaired) electrons. The van der Waals surface area contributed by atoms with Crippen LogP contribution in [0.15, 0.2) is 108 Å². The Kier molecular flexibility index (Phi) is 11.5. The number of amides is 3. The van der Waals surface area contributed by atoms with Gasteiger partial charge in [-0.2, -0.15) is 0 Å². The summed E-state index contributed by atoms with van der Waals surface area (Å²) in [4.78, 5) is 61.5. The molecule has 0 unspecified atom stereocenters. The Morgan fingerprint density at radius 3 is 2.31 bits per heavy atom. The van der Waals surface area contributed by atoms with Gasteiger partial charge in [-0.05, 0) is 54.3 Å². The second kappa shape index (κ2) is 16.5. The van der Waals surface area contributed by atoms with E-state index in [-0.39, 0.29) is 31.9 Å². The average Bonchev–Trinajstić information content (AvgIpc) is 3.80. The minimum absolute atomic E-state index is 0.0355. The number of likely N-dealkylation sites (tertiary alicyclic amines) is 1. The third-order valence-electron chi connectivity index (χ3n) is 10.9. The Hall–Kier alpha value is -4.82. The van der Waals surface area contributed by atoms with Crippen LogP contribution in [0.3, 0.4) is 0 Å². The van der Waals surface area contributed by atoms with Gasteiger partial charge in [0.05, 0.1) is 38.3 Å². The Bertz CT molecular complexity index is 1940. The molecule has 4 heterocycles. The molecule has 13 heteroatoms. The first-order valence-electron chi connectivity index (χ1n) is 18.4. The van der Waals surface area contributed by atoms with Gasteiger partial charge in [0, 0.05) is 30.2 Å². The number of hydrogen-bond acceptors (Lipinski definition) is 9. The molecule has 1 spiro atoms. The van der Waals surface area contributed by atoms with Gasteiger partial charge in [0.15, 0.2) is 0 Å². The molecule has 3 amide bonds. The van der Waals surface area contributed by atoms with Crippen LogP contribution in [0.2, 0.25) is 0 Å². The van der Waals surface area contributed by atoms with Crippen molar-refractivity contribution in [2.45, 2.75) is 55.2 Å². The predicted molar refractivity (Wildman–Crippen MR) is 206 cm³/mol. The van der Waals surface area contributed by atoms with Gasteiger partial charge >= 0.3 is 5.97 Å². The van der Waals surface area contributed by atoms with Gasteiger partial charge in [-0.25, -0.2) is 0 Å². The standard InChI is InChI=1S/C42H44BrN3O9/c1-52-25-32-36(27-14-8-4-9-15-27)54-41(51)34-35-39(49)46(29(24-47)22-26-12-6-3-7-13-26)38(42(35)23-31(43)37(34)55-42)40(50)45(21-11-5-10-16-33(48)44-32)28-17-19-30(53-2)20-18-28/h3-9,11-15,17-20,23,29,32,34-38,47H,10,16,21-22,24-25H2,1-2H3,(H,44,48)/b11-5-/t29-,32-,34+,35-,36-,37+,38+,42-/m1/s1. The highest BCUT2D eigenvalue weighted by Crippen LogP contribution is 2.59. The molecule has 3 aromatic carbocycles. The predicted octanol–water partition coefficient (Wildman–Crippen LogP) is 4.27. The van der Waals surface area contributed by atoms with Gasteiger partial charge in [0.25, 0.3) is 5.91 Å². The maximum atomic E-state index is 15.4. The van der Waals surface area contributed by atoms with E-state index in [2.05, 4.69) is 21.2 Å². The lowest BCUT2D eigenvalue weighted by atomic mass is 9.74. The smallest absolute Gasteiger partial charge is 0.313 e. The van der Waals surface area contributed by atoms with Crippen molar-refractivity contribution in [1.29, 1.82) is 0 Å². The highest BCUT2D eigenvalue weighted by Gasteiger charge is 2.75. The highest BCUT2D eigenvalue weighted by molar-refractivity contribution is 9.11. The van der Waals surface area contributed by atoms with Crippen molar-refractivity contribution >= 4 is 45.3 Å². The topological polar surface area (TPSA) is 144 Å². The summed E-state index contributed by atoms with van der Waals surface area (Å²) in [5, 5.41) is 14.0. The van der Waals surface area contributed by atoms with E-state index in [1.165, 1.54) is 12.0 Å². The van der Waals surface area contributed by atoms with E-state index in [1.54, 1.807) is 54.5 Å². The van der Waals surface area contributed by atoms with Crippen LogP contribution in [0.25, 0.3) is 0 Å². The lowest BCUT2D eigenvalue weighted by molar-refractivity contribution is -0.162. The molecule has 5 bridgehead atoms. The number of benzene rings is 3. The molecule has 4 aliphatic rings. The van der Waals surface area contributed by atoms with Crippen molar-refractivity contribution in [1.82, 2.24) is 10.2 Å². The van der Waals surface area contributed by atoms with E-state index in [1.807, 2.05) is 60.7 Å². The van der Waals surface area contributed by atoms with Crippen LogP contribution in [0.5, 0.6) is 5.75 Å². The minimum atomic E-state index is -1.59. The van der Waals surface area contributed by atoms with Gasteiger partial charge in [-0.3, -0.25) is 19.2 Å². The number of nitrogens with zero attached hydrogens (tertiary/aromatic N) is 2. The highest BCUT2D eigenvalue weighted by atomic mass is 79.9. The lowest BCUT2D eigenvalue weighted by Gasteiger charge is -2.38. The third-order valence-corrected chi connectivity index (χ3v) is 11.5. The van der Waals surface area contributed by atoms with Crippen molar-refractivity contribution in [3.05, 3.63) is 119 Å². The Labute approximate surface area is 328 Å². The van der Waals surface area contributed by atoms with Gasteiger partial charge < -0.3 is 39.2 Å². The van der Waals surface area contributed by atoms with Crippen LogP contribution in [0.4, 0.5) is 5.69 Å². The molecule has 12 nitrogen and oxygen atoms in total. The molecule has 0 saturated carbocycles. The lowest BCUT2D eigenvalue weighted by Crippen LogP contribution is -2.59. The average molecular weight is 815 g/mol. The van der Waals surface area contributed by atoms with Crippen molar-refractivity contribution < 1.29 is 43.2 Å². The number of carbonyl (C=O) groups excluding carboxylic acids is 4. The zero-order valence-corrected chi connectivity index (χ0v) is 32.2. The first kappa shape index (κ1) is 38.5. The van der Waals surface area contributed by atoms with Crippen molar-refractivity contribution in [3.8, 4) is 5.75 Å². The molecule has 3 aromatic rings. The van der Waals surface area contributed by atoms with Crippen molar-refractivity contribution in [2.24, 2.45) is 11.8 Å². The maximum Gasteiger partial charge on any atom is 0.313 e. The molecular formula is C42H44BrN3O9. The summed E-state index contributed by atoms with van der Waals surface area (Å²) in [6, 6.07) is 22.6. The van der Waals surface area contributed by atoms with E-state index < -0.39 is 72.2 Å². The number of aliphatic hydroxyl groups is 1. The molecule has 4 aliphatic heterocycles. The number of carbonyl (C=O) groups is 4.